The van der Waals surface area contributed by atoms with Crippen LogP contribution in [0.2, 0.25) is 0 Å². The zero-order chi connectivity index (χ0) is 25.2. The third-order valence-corrected chi connectivity index (χ3v) is 8.28. The van der Waals surface area contributed by atoms with Gasteiger partial charge in [0.2, 0.25) is 5.13 Å². The molecule has 0 unspecified atom stereocenters. The van der Waals surface area contributed by atoms with Crippen molar-refractivity contribution in [1.82, 2.24) is 9.88 Å². The minimum atomic E-state index is 0.0320. The molecule has 2 aromatic rings. The number of aromatic nitrogens is 1. The van der Waals surface area contributed by atoms with Gasteiger partial charge in [0.15, 0.2) is 16.7 Å². The number of amidine groups is 1. The number of rotatable bonds is 12. The largest absolute Gasteiger partial charge is 0.493 e. The second kappa shape index (κ2) is 13.8. The Morgan fingerprint density at radius 1 is 1.11 bits per heavy atom. The van der Waals surface area contributed by atoms with Gasteiger partial charge in [0.05, 0.1) is 18.6 Å². The molecule has 2 heterocycles. The van der Waals surface area contributed by atoms with Gasteiger partial charge in [0.25, 0.3) is 5.91 Å². The summed E-state index contributed by atoms with van der Waals surface area (Å²) < 4.78 is 11.6. The highest BCUT2D eigenvalue weighted by atomic mass is 32.2. The van der Waals surface area contributed by atoms with Gasteiger partial charge in [-0.2, -0.15) is 4.99 Å². The first-order valence-electron chi connectivity index (χ1n) is 13.2. The van der Waals surface area contributed by atoms with E-state index < -0.39 is 0 Å². The standard InChI is InChI=1S/C28H37N3O3S2/c1-3-4-5-6-7-11-17-34-23-15-14-21(19-24(23)33-2)20-25-26(32)31(22-12-9-8-10-13-22)28(36-25)30-27-29-16-18-35-27/h14-16,18-20,22H,3-13,17H2,1-2H3/b25-20-,30-28+. The van der Waals surface area contributed by atoms with E-state index >= 15 is 0 Å². The average molecular weight is 528 g/mol. The van der Waals surface area contributed by atoms with Crippen molar-refractivity contribution in [1.29, 1.82) is 0 Å². The van der Waals surface area contributed by atoms with Crippen LogP contribution in [-0.4, -0.2) is 40.7 Å². The number of hydrogen-bond acceptors (Lipinski definition) is 7. The summed E-state index contributed by atoms with van der Waals surface area (Å²) in [6.07, 6.45) is 16.6. The molecule has 36 heavy (non-hydrogen) atoms. The number of thiazole rings is 1. The summed E-state index contributed by atoms with van der Waals surface area (Å²) in [6.45, 7) is 2.92. The Bertz CT molecular complexity index is 1050. The maximum absolute atomic E-state index is 13.5. The van der Waals surface area contributed by atoms with Gasteiger partial charge >= 0.3 is 0 Å². The lowest BCUT2D eigenvalue weighted by Crippen LogP contribution is -2.40. The quantitative estimate of drug-likeness (QED) is 0.208. The number of hydrogen-bond donors (Lipinski definition) is 0. The topological polar surface area (TPSA) is 64.0 Å². The SMILES string of the molecule is CCCCCCCCOc1ccc(/C=C2\S/C(=N/c3nccs3)N(C3CCCCC3)C2=O)cc1OC. The van der Waals surface area contributed by atoms with Gasteiger partial charge in [-0.15, -0.1) is 11.3 Å². The van der Waals surface area contributed by atoms with E-state index in [1.54, 1.807) is 13.3 Å². The first-order valence-corrected chi connectivity index (χ1v) is 14.9. The normalized spacial score (nSPS) is 18.9. The molecule has 1 aliphatic heterocycles. The molecule has 0 spiro atoms. The van der Waals surface area contributed by atoms with E-state index in [1.807, 2.05) is 34.6 Å². The van der Waals surface area contributed by atoms with Gasteiger partial charge in [0, 0.05) is 17.6 Å². The first kappa shape index (κ1) is 26.7. The van der Waals surface area contributed by atoms with Crippen LogP contribution in [0.1, 0.15) is 83.1 Å². The number of thioether (sulfide) groups is 1. The molecule has 1 amide bonds. The minimum Gasteiger partial charge on any atom is -0.493 e. The minimum absolute atomic E-state index is 0.0320. The lowest BCUT2D eigenvalue weighted by Gasteiger charge is -2.30. The van der Waals surface area contributed by atoms with Gasteiger partial charge in [0.1, 0.15) is 0 Å². The van der Waals surface area contributed by atoms with Crippen molar-refractivity contribution < 1.29 is 14.3 Å². The van der Waals surface area contributed by atoms with Crippen LogP contribution in [0.3, 0.4) is 0 Å². The maximum Gasteiger partial charge on any atom is 0.267 e. The molecule has 0 bridgehead atoms. The van der Waals surface area contributed by atoms with Gasteiger partial charge in [-0.1, -0.05) is 64.4 Å². The van der Waals surface area contributed by atoms with Crippen LogP contribution >= 0.6 is 23.1 Å². The molecule has 4 rings (SSSR count). The number of methoxy groups -OCH3 is 1. The van der Waals surface area contributed by atoms with Crippen LogP contribution < -0.4 is 9.47 Å². The summed E-state index contributed by atoms with van der Waals surface area (Å²) in [5.74, 6) is 1.46. The predicted molar refractivity (Wildman–Crippen MR) is 150 cm³/mol. The van der Waals surface area contributed by atoms with Crippen LogP contribution in [0.25, 0.3) is 6.08 Å². The Morgan fingerprint density at radius 3 is 2.67 bits per heavy atom. The highest BCUT2D eigenvalue weighted by molar-refractivity contribution is 8.18. The van der Waals surface area contributed by atoms with E-state index in [2.05, 4.69) is 11.9 Å². The molecule has 1 aromatic heterocycles. The van der Waals surface area contributed by atoms with Crippen LogP contribution in [-0.2, 0) is 4.79 Å². The number of amides is 1. The fraction of sp³-hybridized carbons (Fsp3) is 0.536. The number of aliphatic imine (C=N–C) groups is 1. The Hall–Kier alpha value is -2.32. The monoisotopic (exact) mass is 527 g/mol. The van der Waals surface area contributed by atoms with Gasteiger partial charge in [-0.3, -0.25) is 9.69 Å². The Balaban J connectivity index is 1.46. The van der Waals surface area contributed by atoms with Crippen molar-refractivity contribution in [3.05, 3.63) is 40.2 Å². The Labute approximate surface area is 223 Å². The third-order valence-electron chi connectivity index (χ3n) is 6.63. The molecule has 1 saturated heterocycles. The molecule has 1 saturated carbocycles. The van der Waals surface area contributed by atoms with Gasteiger partial charge in [-0.25, -0.2) is 4.98 Å². The number of nitrogens with zero attached hydrogens (tertiary/aromatic N) is 3. The summed E-state index contributed by atoms with van der Waals surface area (Å²) in [6, 6.07) is 6.07. The summed E-state index contributed by atoms with van der Waals surface area (Å²) in [7, 11) is 1.66. The average Bonchev–Trinajstić information content (AvgIpc) is 3.52. The lowest BCUT2D eigenvalue weighted by molar-refractivity contribution is -0.124. The molecule has 1 aromatic carbocycles. The maximum atomic E-state index is 13.5. The van der Waals surface area contributed by atoms with Crippen molar-refractivity contribution in [2.45, 2.75) is 83.6 Å². The van der Waals surface area contributed by atoms with E-state index in [9.17, 15) is 4.79 Å². The lowest BCUT2D eigenvalue weighted by atomic mass is 9.94. The Morgan fingerprint density at radius 2 is 1.92 bits per heavy atom. The summed E-state index contributed by atoms with van der Waals surface area (Å²) in [4.78, 5) is 25.2. The molecule has 2 aliphatic rings. The van der Waals surface area contributed by atoms with Crippen molar-refractivity contribution in [3.63, 3.8) is 0 Å². The van der Waals surface area contributed by atoms with Crippen LogP contribution in [0, 0.1) is 0 Å². The number of benzene rings is 1. The predicted octanol–water partition coefficient (Wildman–Crippen LogP) is 7.83. The number of ether oxygens (including phenoxy) is 2. The third kappa shape index (κ3) is 7.13. The van der Waals surface area contributed by atoms with Gasteiger partial charge < -0.3 is 9.47 Å². The fourth-order valence-electron chi connectivity index (χ4n) is 4.69. The van der Waals surface area contributed by atoms with Crippen LogP contribution in [0.5, 0.6) is 11.5 Å². The van der Waals surface area contributed by atoms with E-state index in [-0.39, 0.29) is 11.9 Å². The number of carbonyl (C=O) groups is 1. The molecular formula is C28H37N3O3S2. The summed E-state index contributed by atoms with van der Waals surface area (Å²) >= 11 is 2.92. The van der Waals surface area contributed by atoms with Crippen molar-refractivity contribution in [2.75, 3.05) is 13.7 Å². The fourth-order valence-corrected chi connectivity index (χ4v) is 6.29. The second-order valence-corrected chi connectivity index (χ2v) is 11.2. The molecule has 0 radical (unpaired) electrons. The van der Waals surface area contributed by atoms with Gasteiger partial charge in [-0.05, 0) is 54.8 Å². The molecule has 1 aliphatic carbocycles. The highest BCUT2D eigenvalue weighted by Gasteiger charge is 2.38. The zero-order valence-electron chi connectivity index (χ0n) is 21.4. The van der Waals surface area contributed by atoms with E-state index in [1.165, 1.54) is 61.6 Å². The zero-order valence-corrected chi connectivity index (χ0v) is 23.0. The molecule has 0 atom stereocenters. The first-order chi connectivity index (χ1) is 17.7. The highest BCUT2D eigenvalue weighted by Crippen LogP contribution is 2.39. The van der Waals surface area contributed by atoms with Crippen LogP contribution in [0.4, 0.5) is 5.13 Å². The van der Waals surface area contributed by atoms with E-state index in [0.717, 1.165) is 48.6 Å². The number of unbranched alkanes of at least 4 members (excludes halogenated alkanes) is 5. The molecule has 6 nitrogen and oxygen atoms in total. The smallest absolute Gasteiger partial charge is 0.267 e. The molecule has 8 heteroatoms. The second-order valence-electron chi connectivity index (χ2n) is 9.31. The van der Waals surface area contributed by atoms with Crippen molar-refractivity contribution in [3.8, 4) is 11.5 Å². The molecule has 194 valence electrons. The van der Waals surface area contributed by atoms with E-state index in [0.29, 0.717) is 22.4 Å². The summed E-state index contributed by atoms with van der Waals surface area (Å²) in [5.41, 5.74) is 0.911. The summed E-state index contributed by atoms with van der Waals surface area (Å²) in [5, 5.41) is 3.32. The molecule has 2 fully saturated rings. The molecule has 0 N–H and O–H groups in total. The molecular weight excluding hydrogens is 490 g/mol. The van der Waals surface area contributed by atoms with Crippen molar-refractivity contribution >= 4 is 45.4 Å². The Kier molecular flexibility index (Phi) is 10.3. The van der Waals surface area contributed by atoms with Crippen molar-refractivity contribution in [2.24, 2.45) is 4.99 Å². The van der Waals surface area contributed by atoms with E-state index in [4.69, 9.17) is 14.5 Å². The van der Waals surface area contributed by atoms with Crippen LogP contribution in [0.15, 0.2) is 39.7 Å². The number of carbonyl (C=O) groups excluding carboxylic acids is 1.